The fourth-order valence-corrected chi connectivity index (χ4v) is 5.30. The van der Waals surface area contributed by atoms with Crippen molar-refractivity contribution in [2.45, 2.75) is 53.1 Å². The number of nitrogens with zero attached hydrogens (tertiary/aromatic N) is 2. The Bertz CT molecular complexity index is 553. The van der Waals surface area contributed by atoms with Crippen molar-refractivity contribution in [2.24, 2.45) is 11.3 Å². The summed E-state index contributed by atoms with van der Waals surface area (Å²) in [4.78, 5) is 13.9. The highest BCUT2D eigenvalue weighted by Gasteiger charge is 2.48. The maximum absolute atomic E-state index is 12.4. The Labute approximate surface area is 140 Å². The molecule has 23 heavy (non-hydrogen) atoms. The van der Waals surface area contributed by atoms with Gasteiger partial charge in [-0.2, -0.15) is 0 Å². The van der Waals surface area contributed by atoms with Gasteiger partial charge >= 0.3 is 6.09 Å². The fraction of sp³-hybridized carbons (Fsp3) is 0.938. The summed E-state index contributed by atoms with van der Waals surface area (Å²) in [7, 11) is -3.19. The lowest BCUT2D eigenvalue weighted by atomic mass is 9.87. The molecule has 1 atom stereocenters. The predicted octanol–water partition coefficient (Wildman–Crippen LogP) is 2.31. The standard InChI is InChI=1S/C16H30N2O4S/c1-13(2)10-23(20,21)18-9-7-16(12-18)6-8-17(11-16)14(19)22-15(3,4)5/h13H,6-12H2,1-5H3. The van der Waals surface area contributed by atoms with Gasteiger partial charge in [0.1, 0.15) is 5.60 Å². The second kappa shape index (κ2) is 6.24. The molecule has 2 heterocycles. The van der Waals surface area contributed by atoms with E-state index in [1.54, 1.807) is 9.21 Å². The van der Waals surface area contributed by atoms with Crippen LogP contribution in [0.1, 0.15) is 47.5 Å². The fourth-order valence-electron chi connectivity index (χ4n) is 3.41. The maximum Gasteiger partial charge on any atom is 0.410 e. The van der Waals surface area contributed by atoms with Crippen molar-refractivity contribution >= 4 is 16.1 Å². The zero-order chi connectivity index (χ0) is 17.5. The number of hydrogen-bond acceptors (Lipinski definition) is 4. The molecule has 134 valence electrons. The first-order valence-corrected chi connectivity index (χ1v) is 9.99. The summed E-state index contributed by atoms with van der Waals surface area (Å²) in [5.41, 5.74) is -0.601. The van der Waals surface area contributed by atoms with E-state index in [1.807, 2.05) is 34.6 Å². The summed E-state index contributed by atoms with van der Waals surface area (Å²) in [5.74, 6) is 0.317. The van der Waals surface area contributed by atoms with Gasteiger partial charge in [-0.05, 0) is 39.5 Å². The minimum atomic E-state index is -3.19. The Hall–Kier alpha value is -0.820. The van der Waals surface area contributed by atoms with Gasteiger partial charge in [-0.3, -0.25) is 0 Å². The molecule has 0 bridgehead atoms. The third kappa shape index (κ3) is 4.59. The summed E-state index contributed by atoms with van der Waals surface area (Å²) in [6.07, 6.45) is 1.38. The first kappa shape index (κ1) is 18.5. The van der Waals surface area contributed by atoms with Crippen LogP contribution < -0.4 is 0 Å². The highest BCUT2D eigenvalue weighted by Crippen LogP contribution is 2.41. The number of rotatable bonds is 3. The quantitative estimate of drug-likeness (QED) is 0.786. The van der Waals surface area contributed by atoms with Crippen LogP contribution in [0.3, 0.4) is 0 Å². The summed E-state index contributed by atoms with van der Waals surface area (Å²) in [6, 6.07) is 0. The first-order chi connectivity index (χ1) is 10.4. The molecule has 0 N–H and O–H groups in total. The van der Waals surface area contributed by atoms with E-state index in [4.69, 9.17) is 4.74 Å². The van der Waals surface area contributed by atoms with Crippen molar-refractivity contribution in [2.75, 3.05) is 31.9 Å². The molecule has 0 aliphatic carbocycles. The maximum atomic E-state index is 12.4. The highest BCUT2D eigenvalue weighted by atomic mass is 32.2. The zero-order valence-electron chi connectivity index (χ0n) is 15.0. The van der Waals surface area contributed by atoms with E-state index in [-0.39, 0.29) is 23.2 Å². The minimum absolute atomic E-state index is 0.0963. The van der Waals surface area contributed by atoms with Gasteiger partial charge in [0.05, 0.1) is 5.75 Å². The molecule has 6 nitrogen and oxygen atoms in total. The molecule has 2 saturated heterocycles. The molecule has 1 amide bonds. The third-order valence-electron chi connectivity index (χ3n) is 4.43. The Morgan fingerprint density at radius 3 is 2.35 bits per heavy atom. The molecule has 0 radical (unpaired) electrons. The van der Waals surface area contributed by atoms with Crippen molar-refractivity contribution in [3.63, 3.8) is 0 Å². The molecule has 2 aliphatic rings. The molecular formula is C16H30N2O4S. The van der Waals surface area contributed by atoms with Crippen LogP contribution in [0.2, 0.25) is 0 Å². The van der Waals surface area contributed by atoms with E-state index < -0.39 is 15.6 Å². The van der Waals surface area contributed by atoms with Crippen molar-refractivity contribution in [3.8, 4) is 0 Å². The van der Waals surface area contributed by atoms with Crippen LogP contribution >= 0.6 is 0 Å². The Kier molecular flexibility index (Phi) is 5.02. The average Bonchev–Trinajstić information content (AvgIpc) is 2.94. The van der Waals surface area contributed by atoms with Crippen molar-refractivity contribution in [3.05, 3.63) is 0 Å². The molecule has 0 saturated carbocycles. The van der Waals surface area contributed by atoms with Gasteiger partial charge < -0.3 is 9.64 Å². The van der Waals surface area contributed by atoms with Crippen LogP contribution in [0, 0.1) is 11.3 Å². The molecular weight excluding hydrogens is 316 g/mol. The average molecular weight is 346 g/mol. The second-order valence-electron chi connectivity index (χ2n) is 8.41. The van der Waals surface area contributed by atoms with Gasteiger partial charge in [-0.25, -0.2) is 17.5 Å². The molecule has 2 aliphatic heterocycles. The van der Waals surface area contributed by atoms with Crippen LogP contribution in [0.5, 0.6) is 0 Å². The van der Waals surface area contributed by atoms with Crippen LogP contribution in [0.4, 0.5) is 4.79 Å². The van der Waals surface area contributed by atoms with E-state index in [1.165, 1.54) is 0 Å². The van der Waals surface area contributed by atoms with Crippen molar-refractivity contribution < 1.29 is 17.9 Å². The number of likely N-dealkylation sites (tertiary alicyclic amines) is 1. The Balaban J connectivity index is 1.98. The van der Waals surface area contributed by atoms with Crippen molar-refractivity contribution in [1.29, 1.82) is 0 Å². The Morgan fingerprint density at radius 2 is 1.78 bits per heavy atom. The Morgan fingerprint density at radius 1 is 1.17 bits per heavy atom. The number of carbonyl (C=O) groups excluding carboxylic acids is 1. The topological polar surface area (TPSA) is 66.9 Å². The molecule has 7 heteroatoms. The zero-order valence-corrected chi connectivity index (χ0v) is 15.8. The molecule has 1 unspecified atom stereocenters. The largest absolute Gasteiger partial charge is 0.444 e. The molecule has 2 fully saturated rings. The summed E-state index contributed by atoms with van der Waals surface area (Å²) < 4.78 is 31.9. The number of carbonyl (C=O) groups is 1. The van der Waals surface area contributed by atoms with E-state index in [0.717, 1.165) is 12.8 Å². The summed E-state index contributed by atoms with van der Waals surface area (Å²) in [5, 5.41) is 0. The van der Waals surface area contributed by atoms with E-state index in [2.05, 4.69) is 0 Å². The SMILES string of the molecule is CC(C)CS(=O)(=O)N1CCC2(CCN(C(=O)OC(C)(C)C)C2)C1. The normalized spacial score (nSPS) is 26.4. The van der Waals surface area contributed by atoms with E-state index >= 15 is 0 Å². The van der Waals surface area contributed by atoms with E-state index in [9.17, 15) is 13.2 Å². The lowest BCUT2D eigenvalue weighted by molar-refractivity contribution is 0.0275. The lowest BCUT2D eigenvalue weighted by Gasteiger charge is -2.27. The van der Waals surface area contributed by atoms with Gasteiger partial charge in [-0.1, -0.05) is 13.8 Å². The van der Waals surface area contributed by atoms with Gasteiger partial charge in [0.2, 0.25) is 10.0 Å². The molecule has 1 spiro atoms. The predicted molar refractivity (Wildman–Crippen MR) is 89.7 cm³/mol. The van der Waals surface area contributed by atoms with Crippen LogP contribution in [-0.4, -0.2) is 61.2 Å². The molecule has 2 rings (SSSR count). The van der Waals surface area contributed by atoms with Gasteiger partial charge in [-0.15, -0.1) is 0 Å². The second-order valence-corrected chi connectivity index (χ2v) is 10.4. The van der Waals surface area contributed by atoms with Gasteiger partial charge in [0, 0.05) is 31.6 Å². The number of amides is 1. The van der Waals surface area contributed by atoms with E-state index in [0.29, 0.717) is 26.2 Å². The van der Waals surface area contributed by atoms with Gasteiger partial charge in [0.25, 0.3) is 0 Å². The minimum Gasteiger partial charge on any atom is -0.444 e. The molecule has 0 aromatic heterocycles. The van der Waals surface area contributed by atoms with Crippen LogP contribution in [-0.2, 0) is 14.8 Å². The summed E-state index contributed by atoms with van der Waals surface area (Å²) >= 11 is 0. The number of hydrogen-bond donors (Lipinski definition) is 0. The third-order valence-corrected chi connectivity index (χ3v) is 6.62. The summed E-state index contributed by atoms with van der Waals surface area (Å²) in [6.45, 7) is 11.7. The number of sulfonamides is 1. The van der Waals surface area contributed by atoms with Gasteiger partial charge in [0.15, 0.2) is 0 Å². The monoisotopic (exact) mass is 346 g/mol. The van der Waals surface area contributed by atoms with Crippen LogP contribution in [0.15, 0.2) is 0 Å². The highest BCUT2D eigenvalue weighted by molar-refractivity contribution is 7.89. The lowest BCUT2D eigenvalue weighted by Crippen LogP contribution is -2.39. The molecule has 0 aromatic carbocycles. The van der Waals surface area contributed by atoms with Crippen LogP contribution in [0.25, 0.3) is 0 Å². The van der Waals surface area contributed by atoms with Crippen molar-refractivity contribution in [1.82, 2.24) is 9.21 Å². The molecule has 0 aromatic rings. The smallest absolute Gasteiger partial charge is 0.410 e. The first-order valence-electron chi connectivity index (χ1n) is 8.38. The number of ether oxygens (including phenoxy) is 1.